The van der Waals surface area contributed by atoms with E-state index in [1.807, 2.05) is 19.1 Å². The smallest absolute Gasteiger partial charge is 0.119 e. The maximum absolute atomic E-state index is 5.49. The Morgan fingerprint density at radius 3 is 2.50 bits per heavy atom. The predicted molar refractivity (Wildman–Crippen MR) is 52.9 cm³/mol. The van der Waals surface area contributed by atoms with Crippen LogP contribution in [0.1, 0.15) is 11.1 Å². The van der Waals surface area contributed by atoms with Crippen molar-refractivity contribution in [2.24, 2.45) is 5.73 Å². The van der Waals surface area contributed by atoms with E-state index in [0.29, 0.717) is 6.54 Å². The second-order valence-corrected chi connectivity index (χ2v) is 2.56. The highest BCUT2D eigenvalue weighted by molar-refractivity contribution is 5.85. The Hall–Kier alpha value is -0.730. The van der Waals surface area contributed by atoms with Crippen molar-refractivity contribution in [2.75, 3.05) is 7.11 Å². The molecular formula is C9H14ClNO. The first-order valence-electron chi connectivity index (χ1n) is 3.61. The van der Waals surface area contributed by atoms with Gasteiger partial charge in [0.2, 0.25) is 0 Å². The van der Waals surface area contributed by atoms with Gasteiger partial charge in [0.05, 0.1) is 7.11 Å². The van der Waals surface area contributed by atoms with E-state index >= 15 is 0 Å². The lowest BCUT2D eigenvalue weighted by Crippen LogP contribution is -1.97. The van der Waals surface area contributed by atoms with Gasteiger partial charge in [0.15, 0.2) is 0 Å². The summed E-state index contributed by atoms with van der Waals surface area (Å²) in [6.07, 6.45) is 0. The van der Waals surface area contributed by atoms with Gasteiger partial charge in [-0.05, 0) is 30.2 Å². The van der Waals surface area contributed by atoms with Gasteiger partial charge in [-0.2, -0.15) is 0 Å². The van der Waals surface area contributed by atoms with Gasteiger partial charge in [0.25, 0.3) is 0 Å². The van der Waals surface area contributed by atoms with Crippen LogP contribution in [-0.4, -0.2) is 7.11 Å². The van der Waals surface area contributed by atoms with E-state index in [1.54, 1.807) is 7.11 Å². The first-order chi connectivity index (χ1) is 5.26. The second-order valence-electron chi connectivity index (χ2n) is 2.56. The SMILES string of the molecule is COc1cc(C)cc(CN)c1.Cl. The van der Waals surface area contributed by atoms with Crippen molar-refractivity contribution >= 4 is 12.4 Å². The van der Waals surface area contributed by atoms with Gasteiger partial charge in [-0.15, -0.1) is 12.4 Å². The zero-order chi connectivity index (χ0) is 8.27. The lowest BCUT2D eigenvalue weighted by atomic mass is 10.1. The normalized spacial score (nSPS) is 8.92. The number of aryl methyl sites for hydroxylation is 1. The number of ether oxygens (including phenoxy) is 1. The largest absolute Gasteiger partial charge is 0.497 e. The van der Waals surface area contributed by atoms with Crippen molar-refractivity contribution < 1.29 is 4.74 Å². The lowest BCUT2D eigenvalue weighted by Gasteiger charge is -2.03. The van der Waals surface area contributed by atoms with Crippen molar-refractivity contribution in [1.82, 2.24) is 0 Å². The summed E-state index contributed by atoms with van der Waals surface area (Å²) in [4.78, 5) is 0. The Bertz CT molecular complexity index is 228. The molecule has 0 atom stereocenters. The molecule has 0 fully saturated rings. The van der Waals surface area contributed by atoms with E-state index in [4.69, 9.17) is 10.5 Å². The third-order valence-electron chi connectivity index (χ3n) is 1.58. The number of hydrogen-bond donors (Lipinski definition) is 1. The highest BCUT2D eigenvalue weighted by Crippen LogP contribution is 2.15. The summed E-state index contributed by atoms with van der Waals surface area (Å²) in [7, 11) is 1.66. The molecule has 0 aliphatic carbocycles. The van der Waals surface area contributed by atoms with Crippen LogP contribution in [0.5, 0.6) is 5.75 Å². The van der Waals surface area contributed by atoms with E-state index in [9.17, 15) is 0 Å². The highest BCUT2D eigenvalue weighted by atomic mass is 35.5. The number of rotatable bonds is 2. The maximum atomic E-state index is 5.49. The topological polar surface area (TPSA) is 35.2 Å². The monoisotopic (exact) mass is 187 g/mol. The minimum Gasteiger partial charge on any atom is -0.497 e. The van der Waals surface area contributed by atoms with Crippen LogP contribution in [0.25, 0.3) is 0 Å². The molecule has 0 aromatic heterocycles. The number of benzene rings is 1. The predicted octanol–water partition coefficient (Wildman–Crippen LogP) is 1.88. The molecule has 68 valence electrons. The minimum absolute atomic E-state index is 0. The van der Waals surface area contributed by atoms with Crippen LogP contribution in [0.15, 0.2) is 18.2 Å². The van der Waals surface area contributed by atoms with Crippen LogP contribution < -0.4 is 10.5 Å². The van der Waals surface area contributed by atoms with Crippen molar-refractivity contribution in [1.29, 1.82) is 0 Å². The zero-order valence-electron chi connectivity index (χ0n) is 7.33. The fourth-order valence-electron chi connectivity index (χ4n) is 1.06. The van der Waals surface area contributed by atoms with E-state index in [2.05, 4.69) is 6.07 Å². The molecule has 0 aliphatic rings. The average molecular weight is 188 g/mol. The molecule has 2 N–H and O–H groups in total. The molecule has 1 aromatic rings. The van der Waals surface area contributed by atoms with Gasteiger partial charge in [0.1, 0.15) is 5.75 Å². The van der Waals surface area contributed by atoms with Crippen molar-refractivity contribution in [3.63, 3.8) is 0 Å². The number of halogens is 1. The van der Waals surface area contributed by atoms with Crippen molar-refractivity contribution in [2.45, 2.75) is 13.5 Å². The van der Waals surface area contributed by atoms with Crippen LogP contribution in [0.2, 0.25) is 0 Å². The fourth-order valence-corrected chi connectivity index (χ4v) is 1.06. The first kappa shape index (κ1) is 11.3. The average Bonchev–Trinajstić information content (AvgIpc) is 2.03. The van der Waals surface area contributed by atoms with Crippen LogP contribution in [-0.2, 0) is 6.54 Å². The zero-order valence-corrected chi connectivity index (χ0v) is 8.15. The molecule has 0 amide bonds. The molecule has 1 aromatic carbocycles. The third-order valence-corrected chi connectivity index (χ3v) is 1.58. The van der Waals surface area contributed by atoms with Crippen molar-refractivity contribution in [3.05, 3.63) is 29.3 Å². The molecule has 0 unspecified atom stereocenters. The molecule has 0 aliphatic heterocycles. The Labute approximate surface area is 79.1 Å². The van der Waals surface area contributed by atoms with Gasteiger partial charge in [-0.3, -0.25) is 0 Å². The maximum Gasteiger partial charge on any atom is 0.119 e. The molecule has 0 saturated carbocycles. The summed E-state index contributed by atoms with van der Waals surface area (Å²) in [5, 5.41) is 0. The van der Waals surface area contributed by atoms with Gasteiger partial charge in [-0.1, -0.05) is 6.07 Å². The third kappa shape index (κ3) is 2.72. The molecule has 0 spiro atoms. The summed E-state index contributed by atoms with van der Waals surface area (Å²) in [6, 6.07) is 5.99. The summed E-state index contributed by atoms with van der Waals surface area (Å²) in [5.74, 6) is 0.880. The molecule has 3 heteroatoms. The Morgan fingerprint density at radius 2 is 2.00 bits per heavy atom. The van der Waals surface area contributed by atoms with E-state index < -0.39 is 0 Å². The summed E-state index contributed by atoms with van der Waals surface area (Å²) >= 11 is 0. The highest BCUT2D eigenvalue weighted by Gasteiger charge is 1.95. The molecule has 0 bridgehead atoms. The van der Waals surface area contributed by atoms with Gasteiger partial charge >= 0.3 is 0 Å². The molecular weight excluding hydrogens is 174 g/mol. The first-order valence-corrected chi connectivity index (χ1v) is 3.61. The minimum atomic E-state index is 0. The molecule has 2 nitrogen and oxygen atoms in total. The molecule has 0 radical (unpaired) electrons. The quantitative estimate of drug-likeness (QED) is 0.768. The Kier molecular flexibility index (Phi) is 4.71. The van der Waals surface area contributed by atoms with Crippen LogP contribution in [0, 0.1) is 6.92 Å². The summed E-state index contributed by atoms with van der Waals surface area (Å²) < 4.78 is 5.08. The Balaban J connectivity index is 0.00000121. The summed E-state index contributed by atoms with van der Waals surface area (Å²) in [6.45, 7) is 2.60. The molecule has 0 heterocycles. The van der Waals surface area contributed by atoms with Crippen LogP contribution in [0.3, 0.4) is 0 Å². The van der Waals surface area contributed by atoms with Crippen molar-refractivity contribution in [3.8, 4) is 5.75 Å². The van der Waals surface area contributed by atoms with E-state index in [0.717, 1.165) is 11.3 Å². The number of hydrogen-bond acceptors (Lipinski definition) is 2. The van der Waals surface area contributed by atoms with E-state index in [-0.39, 0.29) is 12.4 Å². The number of nitrogens with two attached hydrogens (primary N) is 1. The van der Waals surface area contributed by atoms with Crippen LogP contribution in [0.4, 0.5) is 0 Å². The fraction of sp³-hybridized carbons (Fsp3) is 0.333. The van der Waals surface area contributed by atoms with Crippen LogP contribution >= 0.6 is 12.4 Å². The molecule has 12 heavy (non-hydrogen) atoms. The summed E-state index contributed by atoms with van der Waals surface area (Å²) in [5.41, 5.74) is 7.78. The van der Waals surface area contributed by atoms with Gasteiger partial charge < -0.3 is 10.5 Å². The number of methoxy groups -OCH3 is 1. The standard InChI is InChI=1S/C9H13NO.ClH/c1-7-3-8(6-10)5-9(4-7)11-2;/h3-5H,6,10H2,1-2H3;1H. The second kappa shape index (κ2) is 5.01. The van der Waals surface area contributed by atoms with E-state index in [1.165, 1.54) is 5.56 Å². The van der Waals surface area contributed by atoms with Gasteiger partial charge in [0, 0.05) is 6.54 Å². The Morgan fingerprint density at radius 1 is 1.33 bits per heavy atom. The molecule has 1 rings (SSSR count). The molecule has 0 saturated heterocycles. The van der Waals surface area contributed by atoms with Gasteiger partial charge in [-0.25, -0.2) is 0 Å². The lowest BCUT2D eigenvalue weighted by molar-refractivity contribution is 0.414.